The van der Waals surface area contributed by atoms with Crippen molar-refractivity contribution >= 4 is 32.8 Å². The summed E-state index contributed by atoms with van der Waals surface area (Å²) in [7, 11) is -3.35. The molecule has 6 nitrogen and oxygen atoms in total. The van der Waals surface area contributed by atoms with Crippen LogP contribution in [0.15, 0.2) is 35.8 Å². The second-order valence-electron chi connectivity index (χ2n) is 5.23. The molecule has 0 radical (unpaired) electrons. The molecule has 0 bridgehead atoms. The lowest BCUT2D eigenvalue weighted by Gasteiger charge is -1.99. The standard InChI is InChI=1S/C15H15ClN4O2S2/c1-2-20-7-13(18-19-20)9-24(21,22)10-15-17-14(8-23-15)11-4-3-5-12(16)6-11/h3-8H,2,9-10H2,1H3. The molecular formula is C15H15ClN4O2S2. The Balaban J connectivity index is 1.73. The number of sulfone groups is 1. The summed E-state index contributed by atoms with van der Waals surface area (Å²) in [6, 6.07) is 7.32. The van der Waals surface area contributed by atoms with Crippen LogP contribution in [0.5, 0.6) is 0 Å². The van der Waals surface area contributed by atoms with E-state index in [1.165, 1.54) is 11.3 Å². The van der Waals surface area contributed by atoms with E-state index in [0.717, 1.165) is 11.3 Å². The molecule has 0 fully saturated rings. The minimum atomic E-state index is -3.35. The predicted molar refractivity (Wildman–Crippen MR) is 94.6 cm³/mol. The largest absolute Gasteiger partial charge is 0.253 e. The lowest BCUT2D eigenvalue weighted by molar-refractivity contribution is 0.593. The third-order valence-electron chi connectivity index (χ3n) is 3.29. The van der Waals surface area contributed by atoms with Crippen LogP contribution in [0.25, 0.3) is 11.3 Å². The zero-order chi connectivity index (χ0) is 17.2. The molecule has 2 aromatic heterocycles. The second-order valence-corrected chi connectivity index (χ2v) is 8.68. The summed E-state index contributed by atoms with van der Waals surface area (Å²) in [5.74, 6) is -0.254. The number of benzene rings is 1. The van der Waals surface area contributed by atoms with Gasteiger partial charge in [-0.15, -0.1) is 16.4 Å². The van der Waals surface area contributed by atoms with Crippen LogP contribution in [-0.4, -0.2) is 28.4 Å². The average Bonchev–Trinajstić information content (AvgIpc) is 3.15. The molecule has 3 rings (SSSR count). The van der Waals surface area contributed by atoms with E-state index < -0.39 is 9.84 Å². The third kappa shape index (κ3) is 4.19. The summed E-state index contributed by atoms with van der Waals surface area (Å²) in [5, 5.41) is 10.7. The summed E-state index contributed by atoms with van der Waals surface area (Å²) >= 11 is 7.30. The van der Waals surface area contributed by atoms with Gasteiger partial charge in [0.25, 0.3) is 0 Å². The Morgan fingerprint density at radius 1 is 1.29 bits per heavy atom. The number of rotatable bonds is 6. The lowest BCUT2D eigenvalue weighted by Crippen LogP contribution is -2.08. The van der Waals surface area contributed by atoms with Crippen LogP contribution in [0.2, 0.25) is 5.02 Å². The number of aromatic nitrogens is 4. The van der Waals surface area contributed by atoms with Crippen molar-refractivity contribution in [1.82, 2.24) is 20.0 Å². The first kappa shape index (κ1) is 17.1. The van der Waals surface area contributed by atoms with Crippen LogP contribution >= 0.6 is 22.9 Å². The van der Waals surface area contributed by atoms with Gasteiger partial charge in [0, 0.05) is 28.7 Å². The van der Waals surface area contributed by atoms with E-state index in [4.69, 9.17) is 11.6 Å². The van der Waals surface area contributed by atoms with Gasteiger partial charge >= 0.3 is 0 Å². The highest BCUT2D eigenvalue weighted by molar-refractivity contribution is 7.89. The number of thiazole rings is 1. The lowest BCUT2D eigenvalue weighted by atomic mass is 10.2. The van der Waals surface area contributed by atoms with Gasteiger partial charge in [-0.3, -0.25) is 4.68 Å². The van der Waals surface area contributed by atoms with E-state index in [9.17, 15) is 8.42 Å². The predicted octanol–water partition coefficient (Wildman–Crippen LogP) is 3.19. The monoisotopic (exact) mass is 382 g/mol. The van der Waals surface area contributed by atoms with Crippen molar-refractivity contribution in [2.45, 2.75) is 25.0 Å². The van der Waals surface area contributed by atoms with Crippen LogP contribution in [0.1, 0.15) is 17.6 Å². The smallest absolute Gasteiger partial charge is 0.162 e. The number of aryl methyl sites for hydroxylation is 1. The van der Waals surface area contributed by atoms with Crippen LogP contribution in [0.3, 0.4) is 0 Å². The van der Waals surface area contributed by atoms with E-state index in [1.807, 2.05) is 24.4 Å². The third-order valence-corrected chi connectivity index (χ3v) is 6.01. The molecule has 2 heterocycles. The van der Waals surface area contributed by atoms with E-state index in [0.29, 0.717) is 22.3 Å². The van der Waals surface area contributed by atoms with Gasteiger partial charge in [-0.05, 0) is 19.1 Å². The SMILES string of the molecule is CCn1cc(CS(=O)(=O)Cc2nc(-c3cccc(Cl)c3)cs2)nn1. The molecule has 0 N–H and O–H groups in total. The summed E-state index contributed by atoms with van der Waals surface area (Å²) in [6.07, 6.45) is 1.65. The van der Waals surface area contributed by atoms with E-state index in [-0.39, 0.29) is 11.5 Å². The molecule has 0 aliphatic carbocycles. The van der Waals surface area contributed by atoms with Gasteiger partial charge < -0.3 is 0 Å². The first-order valence-corrected chi connectivity index (χ1v) is 10.3. The molecule has 0 spiro atoms. The maximum absolute atomic E-state index is 12.3. The van der Waals surface area contributed by atoms with Gasteiger partial charge in [0.05, 0.1) is 17.1 Å². The number of nitrogens with zero attached hydrogens (tertiary/aromatic N) is 4. The second kappa shape index (κ2) is 7.00. The van der Waals surface area contributed by atoms with Crippen molar-refractivity contribution in [1.29, 1.82) is 0 Å². The Morgan fingerprint density at radius 3 is 2.83 bits per heavy atom. The molecule has 0 saturated carbocycles. The molecular weight excluding hydrogens is 368 g/mol. The van der Waals surface area contributed by atoms with Crippen molar-refractivity contribution in [3.8, 4) is 11.3 Å². The average molecular weight is 383 g/mol. The van der Waals surface area contributed by atoms with Gasteiger partial charge in [-0.2, -0.15) is 0 Å². The molecule has 0 aliphatic rings. The zero-order valence-electron chi connectivity index (χ0n) is 12.9. The Kier molecular flexibility index (Phi) is 4.98. The first-order valence-electron chi connectivity index (χ1n) is 7.25. The number of hydrogen-bond acceptors (Lipinski definition) is 6. The molecule has 9 heteroatoms. The molecule has 126 valence electrons. The molecule has 0 aliphatic heterocycles. The Labute approximate surface area is 149 Å². The Bertz CT molecular complexity index is 950. The molecule has 0 atom stereocenters. The topological polar surface area (TPSA) is 77.7 Å². The molecule has 3 aromatic rings. The van der Waals surface area contributed by atoms with Crippen molar-refractivity contribution in [3.63, 3.8) is 0 Å². The molecule has 1 aromatic carbocycles. The van der Waals surface area contributed by atoms with Crippen molar-refractivity contribution in [3.05, 3.63) is 51.6 Å². The Hall–Kier alpha value is -1.77. The summed E-state index contributed by atoms with van der Waals surface area (Å²) in [6.45, 7) is 2.57. The highest BCUT2D eigenvalue weighted by Gasteiger charge is 2.18. The number of hydrogen-bond donors (Lipinski definition) is 0. The minimum Gasteiger partial charge on any atom is -0.253 e. The van der Waals surface area contributed by atoms with Crippen LogP contribution in [0, 0.1) is 0 Å². The Morgan fingerprint density at radius 2 is 2.12 bits per heavy atom. The highest BCUT2D eigenvalue weighted by atomic mass is 35.5. The molecule has 24 heavy (non-hydrogen) atoms. The van der Waals surface area contributed by atoms with Crippen LogP contribution in [0.4, 0.5) is 0 Å². The first-order chi connectivity index (χ1) is 11.4. The highest BCUT2D eigenvalue weighted by Crippen LogP contribution is 2.25. The summed E-state index contributed by atoms with van der Waals surface area (Å²) in [4.78, 5) is 4.41. The van der Waals surface area contributed by atoms with Gasteiger partial charge in [0.1, 0.15) is 10.8 Å². The van der Waals surface area contributed by atoms with Gasteiger partial charge in [-0.25, -0.2) is 13.4 Å². The van der Waals surface area contributed by atoms with Crippen molar-refractivity contribution in [2.75, 3.05) is 0 Å². The van der Waals surface area contributed by atoms with Gasteiger partial charge in [0.2, 0.25) is 0 Å². The maximum Gasteiger partial charge on any atom is 0.162 e. The fraction of sp³-hybridized carbons (Fsp3) is 0.267. The number of halogens is 1. The summed E-state index contributed by atoms with van der Waals surface area (Å²) < 4.78 is 26.3. The normalized spacial score (nSPS) is 11.8. The van der Waals surface area contributed by atoms with Gasteiger partial charge in [0.15, 0.2) is 9.84 Å². The van der Waals surface area contributed by atoms with E-state index in [2.05, 4.69) is 15.3 Å². The molecule has 0 saturated heterocycles. The fourth-order valence-corrected chi connectivity index (χ4v) is 4.90. The molecule has 0 unspecified atom stereocenters. The van der Waals surface area contributed by atoms with Crippen molar-refractivity contribution < 1.29 is 8.42 Å². The summed E-state index contributed by atoms with van der Waals surface area (Å²) in [5.41, 5.74) is 2.04. The van der Waals surface area contributed by atoms with E-state index in [1.54, 1.807) is 23.0 Å². The van der Waals surface area contributed by atoms with E-state index >= 15 is 0 Å². The van der Waals surface area contributed by atoms with Crippen LogP contribution in [-0.2, 0) is 27.9 Å². The maximum atomic E-state index is 12.3. The van der Waals surface area contributed by atoms with Crippen molar-refractivity contribution in [2.24, 2.45) is 0 Å². The quantitative estimate of drug-likeness (QED) is 0.654. The minimum absolute atomic E-state index is 0.114. The van der Waals surface area contributed by atoms with Crippen LogP contribution < -0.4 is 0 Å². The van der Waals surface area contributed by atoms with Gasteiger partial charge in [-0.1, -0.05) is 28.9 Å². The zero-order valence-corrected chi connectivity index (χ0v) is 15.3. The fourth-order valence-electron chi connectivity index (χ4n) is 2.18. The molecule has 0 amide bonds.